The molecular formula is C20H23FN2O3. The van der Waals surface area contributed by atoms with Crippen molar-refractivity contribution in [1.82, 2.24) is 5.32 Å². The summed E-state index contributed by atoms with van der Waals surface area (Å²) in [6, 6.07) is 12.6. The number of carbonyl (C=O) groups excluding carboxylic acids is 2. The fourth-order valence-corrected chi connectivity index (χ4v) is 2.36. The Labute approximate surface area is 152 Å². The van der Waals surface area contributed by atoms with Gasteiger partial charge in [-0.1, -0.05) is 31.2 Å². The van der Waals surface area contributed by atoms with Crippen molar-refractivity contribution in [2.45, 2.75) is 39.3 Å². The zero-order valence-corrected chi connectivity index (χ0v) is 15.1. The Morgan fingerprint density at radius 2 is 1.73 bits per heavy atom. The van der Waals surface area contributed by atoms with E-state index in [-0.39, 0.29) is 17.7 Å². The van der Waals surface area contributed by atoms with Crippen molar-refractivity contribution in [3.63, 3.8) is 0 Å². The molecule has 0 aliphatic heterocycles. The number of amides is 2. The van der Waals surface area contributed by atoms with Gasteiger partial charge in [0.15, 0.2) is 17.7 Å². The van der Waals surface area contributed by atoms with Crippen LogP contribution in [0.5, 0.6) is 5.75 Å². The van der Waals surface area contributed by atoms with Crippen molar-refractivity contribution in [2.24, 2.45) is 0 Å². The molecule has 5 nitrogen and oxygen atoms in total. The van der Waals surface area contributed by atoms with Gasteiger partial charge in [0.05, 0.1) is 11.3 Å². The molecule has 0 fully saturated rings. The average Bonchev–Trinajstić information content (AvgIpc) is 2.60. The van der Waals surface area contributed by atoms with Crippen LogP contribution in [0.3, 0.4) is 0 Å². The number of ether oxygens (including phenoxy) is 1. The standard InChI is InChI=1S/C20H23FN2O3/c1-4-17(26-18-12-8-6-10-15(18)21)20(25)23-16-11-7-5-9-14(16)19(24)22-13(2)3/h5-13,17H,4H2,1-3H3,(H,22,24)(H,23,25)/t17-/m1/s1. The fraction of sp³-hybridized carbons (Fsp3) is 0.300. The minimum atomic E-state index is -0.881. The summed E-state index contributed by atoms with van der Waals surface area (Å²) in [5.74, 6) is -1.24. The smallest absolute Gasteiger partial charge is 0.265 e. The quantitative estimate of drug-likeness (QED) is 0.792. The molecule has 0 aromatic heterocycles. The van der Waals surface area contributed by atoms with E-state index in [9.17, 15) is 14.0 Å². The number of hydrogen-bond acceptors (Lipinski definition) is 3. The Kier molecular flexibility index (Phi) is 6.72. The Morgan fingerprint density at radius 1 is 1.08 bits per heavy atom. The predicted octanol–water partition coefficient (Wildman–Crippen LogP) is 3.76. The Balaban J connectivity index is 2.15. The highest BCUT2D eigenvalue weighted by atomic mass is 19.1. The van der Waals surface area contributed by atoms with Crippen LogP contribution in [0.25, 0.3) is 0 Å². The molecule has 2 amide bonds. The largest absolute Gasteiger partial charge is 0.478 e. The third kappa shape index (κ3) is 5.05. The van der Waals surface area contributed by atoms with Crippen LogP contribution >= 0.6 is 0 Å². The maximum absolute atomic E-state index is 13.8. The molecule has 26 heavy (non-hydrogen) atoms. The maximum Gasteiger partial charge on any atom is 0.265 e. The number of rotatable bonds is 7. The van der Waals surface area contributed by atoms with Crippen LogP contribution in [-0.2, 0) is 4.79 Å². The van der Waals surface area contributed by atoms with Crippen molar-refractivity contribution in [2.75, 3.05) is 5.32 Å². The second-order valence-electron chi connectivity index (χ2n) is 6.11. The monoisotopic (exact) mass is 358 g/mol. The molecule has 0 aliphatic carbocycles. The van der Waals surface area contributed by atoms with E-state index in [0.717, 1.165) is 0 Å². The van der Waals surface area contributed by atoms with Crippen molar-refractivity contribution in [3.05, 3.63) is 59.9 Å². The van der Waals surface area contributed by atoms with Crippen LogP contribution in [0.2, 0.25) is 0 Å². The van der Waals surface area contributed by atoms with Crippen molar-refractivity contribution in [1.29, 1.82) is 0 Å². The second kappa shape index (κ2) is 8.99. The zero-order valence-electron chi connectivity index (χ0n) is 15.1. The van der Waals surface area contributed by atoms with Crippen LogP contribution < -0.4 is 15.4 Å². The Bertz CT molecular complexity index is 777. The summed E-state index contributed by atoms with van der Waals surface area (Å²) in [5, 5.41) is 5.50. The van der Waals surface area contributed by atoms with Gasteiger partial charge in [-0.25, -0.2) is 4.39 Å². The molecule has 0 bridgehead atoms. The lowest BCUT2D eigenvalue weighted by Gasteiger charge is -2.19. The summed E-state index contributed by atoms with van der Waals surface area (Å²) in [7, 11) is 0. The Morgan fingerprint density at radius 3 is 2.38 bits per heavy atom. The summed E-state index contributed by atoms with van der Waals surface area (Å²) >= 11 is 0. The minimum absolute atomic E-state index is 0.0142. The highest BCUT2D eigenvalue weighted by Crippen LogP contribution is 2.20. The van der Waals surface area contributed by atoms with Gasteiger partial charge in [-0.15, -0.1) is 0 Å². The molecule has 0 saturated carbocycles. The molecular weight excluding hydrogens is 335 g/mol. The average molecular weight is 358 g/mol. The maximum atomic E-state index is 13.8. The predicted molar refractivity (Wildman–Crippen MR) is 98.8 cm³/mol. The minimum Gasteiger partial charge on any atom is -0.478 e. The molecule has 2 aromatic carbocycles. The van der Waals surface area contributed by atoms with Gasteiger partial charge in [-0.3, -0.25) is 9.59 Å². The van der Waals surface area contributed by atoms with Gasteiger partial charge >= 0.3 is 0 Å². The van der Waals surface area contributed by atoms with Gasteiger partial charge < -0.3 is 15.4 Å². The van der Waals surface area contributed by atoms with Gasteiger partial charge in [0, 0.05) is 6.04 Å². The van der Waals surface area contributed by atoms with E-state index >= 15 is 0 Å². The molecule has 0 unspecified atom stereocenters. The topological polar surface area (TPSA) is 67.4 Å². The highest BCUT2D eigenvalue weighted by molar-refractivity contribution is 6.04. The molecule has 0 radical (unpaired) electrons. The summed E-state index contributed by atoms with van der Waals surface area (Å²) in [6.45, 7) is 5.48. The SMILES string of the molecule is CC[C@@H](Oc1ccccc1F)C(=O)Nc1ccccc1C(=O)NC(C)C. The van der Waals surface area contributed by atoms with Gasteiger partial charge in [0.1, 0.15) is 0 Å². The summed E-state index contributed by atoms with van der Waals surface area (Å²) in [6.07, 6.45) is -0.534. The van der Waals surface area contributed by atoms with Crippen LogP contribution in [-0.4, -0.2) is 24.0 Å². The van der Waals surface area contributed by atoms with E-state index in [2.05, 4.69) is 10.6 Å². The molecule has 2 rings (SSSR count). The molecule has 0 aliphatic rings. The lowest BCUT2D eigenvalue weighted by Crippen LogP contribution is -2.34. The molecule has 0 saturated heterocycles. The summed E-state index contributed by atoms with van der Waals surface area (Å²) in [4.78, 5) is 24.9. The molecule has 2 aromatic rings. The van der Waals surface area contributed by atoms with Gasteiger partial charge in [-0.05, 0) is 44.5 Å². The Hall–Kier alpha value is -2.89. The van der Waals surface area contributed by atoms with Crippen molar-refractivity contribution < 1.29 is 18.7 Å². The van der Waals surface area contributed by atoms with E-state index in [4.69, 9.17) is 4.74 Å². The van der Waals surface area contributed by atoms with Crippen molar-refractivity contribution in [3.8, 4) is 5.75 Å². The molecule has 6 heteroatoms. The van der Waals surface area contributed by atoms with E-state index in [0.29, 0.717) is 17.7 Å². The van der Waals surface area contributed by atoms with Gasteiger partial charge in [-0.2, -0.15) is 0 Å². The number of anilines is 1. The summed E-state index contributed by atoms with van der Waals surface area (Å²) < 4.78 is 19.3. The summed E-state index contributed by atoms with van der Waals surface area (Å²) in [5.41, 5.74) is 0.738. The third-order valence-electron chi connectivity index (χ3n) is 3.62. The van der Waals surface area contributed by atoms with Gasteiger partial charge in [0.2, 0.25) is 0 Å². The number of para-hydroxylation sites is 2. The number of hydrogen-bond donors (Lipinski definition) is 2. The highest BCUT2D eigenvalue weighted by Gasteiger charge is 2.22. The van der Waals surface area contributed by atoms with E-state index in [1.165, 1.54) is 12.1 Å². The molecule has 0 spiro atoms. The normalized spacial score (nSPS) is 11.7. The molecule has 0 heterocycles. The van der Waals surface area contributed by atoms with Crippen LogP contribution in [0.4, 0.5) is 10.1 Å². The van der Waals surface area contributed by atoms with Crippen LogP contribution in [0, 0.1) is 5.82 Å². The van der Waals surface area contributed by atoms with E-state index in [1.807, 2.05) is 13.8 Å². The first kappa shape index (κ1) is 19.4. The lowest BCUT2D eigenvalue weighted by molar-refractivity contribution is -0.122. The van der Waals surface area contributed by atoms with E-state index < -0.39 is 17.8 Å². The van der Waals surface area contributed by atoms with Gasteiger partial charge in [0.25, 0.3) is 11.8 Å². The first-order valence-electron chi connectivity index (χ1n) is 8.54. The number of halogens is 1. The molecule has 1 atom stereocenters. The fourth-order valence-electron chi connectivity index (χ4n) is 2.36. The third-order valence-corrected chi connectivity index (χ3v) is 3.62. The molecule has 2 N–H and O–H groups in total. The first-order chi connectivity index (χ1) is 12.4. The molecule has 138 valence electrons. The zero-order chi connectivity index (χ0) is 19.1. The lowest BCUT2D eigenvalue weighted by atomic mass is 10.1. The van der Waals surface area contributed by atoms with E-state index in [1.54, 1.807) is 43.3 Å². The number of carbonyl (C=O) groups is 2. The number of benzene rings is 2. The van der Waals surface area contributed by atoms with Crippen LogP contribution in [0.1, 0.15) is 37.6 Å². The first-order valence-corrected chi connectivity index (χ1v) is 8.54. The van der Waals surface area contributed by atoms with Crippen LogP contribution in [0.15, 0.2) is 48.5 Å². The van der Waals surface area contributed by atoms with Crippen molar-refractivity contribution >= 4 is 17.5 Å². The second-order valence-corrected chi connectivity index (χ2v) is 6.11. The number of nitrogens with one attached hydrogen (secondary N) is 2.